The van der Waals surface area contributed by atoms with E-state index in [1.807, 2.05) is 90.9 Å². The molecule has 0 aliphatic carbocycles. The van der Waals surface area contributed by atoms with Crippen LogP contribution in [0, 0.1) is 13.8 Å². The van der Waals surface area contributed by atoms with Gasteiger partial charge in [0.15, 0.2) is 18.9 Å². The van der Waals surface area contributed by atoms with Gasteiger partial charge in [-0.1, -0.05) is 30.3 Å². The summed E-state index contributed by atoms with van der Waals surface area (Å²) in [6, 6.07) is 20.5. The van der Waals surface area contributed by atoms with E-state index in [-0.39, 0.29) is 6.04 Å². The van der Waals surface area contributed by atoms with Gasteiger partial charge in [-0.15, -0.1) is 4.68 Å². The summed E-state index contributed by atoms with van der Waals surface area (Å²) in [6.45, 7) is 7.99. The third-order valence-corrected chi connectivity index (χ3v) is 6.77. The Morgan fingerprint density at radius 2 is 1.51 bits per heavy atom. The molecule has 0 atom stereocenters. The van der Waals surface area contributed by atoms with E-state index in [4.69, 9.17) is 0 Å². The minimum atomic E-state index is -4.47. The molecule has 0 saturated heterocycles. The van der Waals surface area contributed by atoms with Crippen LogP contribution in [0.15, 0.2) is 72.9 Å². The number of hydrogen-bond donors (Lipinski definition) is 0. The summed E-state index contributed by atoms with van der Waals surface area (Å²) < 4.78 is 48.6. The van der Waals surface area contributed by atoms with Gasteiger partial charge in [0.2, 0.25) is 11.4 Å². The quantitative estimate of drug-likeness (QED) is 0.255. The first-order valence-corrected chi connectivity index (χ1v) is 11.7. The van der Waals surface area contributed by atoms with Crippen molar-refractivity contribution in [3.05, 3.63) is 89.7 Å². The van der Waals surface area contributed by atoms with Crippen LogP contribution in [0.1, 0.15) is 36.7 Å². The summed E-state index contributed by atoms with van der Waals surface area (Å²) >= 11 is 0. The number of nitrogens with zero attached hydrogens (tertiary/aromatic N) is 3. The van der Waals surface area contributed by atoms with Gasteiger partial charge in [-0.25, -0.2) is 0 Å². The molecule has 3 aromatic carbocycles. The van der Waals surface area contributed by atoms with E-state index in [1.165, 1.54) is 12.1 Å². The molecule has 3 nitrogen and oxygen atoms in total. The van der Waals surface area contributed by atoms with Crippen molar-refractivity contribution in [1.29, 1.82) is 0 Å². The minimum absolute atomic E-state index is 0.140. The largest absolute Gasteiger partial charge is 0.416 e. The average Bonchev–Trinajstić information content (AvgIpc) is 3.10. The molecule has 5 aromatic rings. The van der Waals surface area contributed by atoms with Crippen LogP contribution in [0.5, 0.6) is 0 Å². The van der Waals surface area contributed by atoms with E-state index in [0.717, 1.165) is 38.6 Å². The van der Waals surface area contributed by atoms with Crippen LogP contribution in [0.4, 0.5) is 13.2 Å². The van der Waals surface area contributed by atoms with Crippen molar-refractivity contribution in [3.63, 3.8) is 0 Å². The number of para-hydroxylation sites is 1. The van der Waals surface area contributed by atoms with Gasteiger partial charge in [0.05, 0.1) is 22.6 Å². The van der Waals surface area contributed by atoms with Crippen LogP contribution in [-0.2, 0) is 13.2 Å². The Hall–Kier alpha value is -3.67. The maximum atomic E-state index is 14.2. The zero-order chi connectivity index (χ0) is 25.1. The topological polar surface area (TPSA) is 12.7 Å². The molecule has 35 heavy (non-hydrogen) atoms. The zero-order valence-electron chi connectivity index (χ0n) is 20.5. The second-order valence-electron chi connectivity index (χ2n) is 9.41. The van der Waals surface area contributed by atoms with Crippen molar-refractivity contribution in [2.75, 3.05) is 0 Å². The van der Waals surface area contributed by atoms with Gasteiger partial charge in [-0.3, -0.25) is 0 Å². The monoisotopic (exact) mass is 475 g/mol. The lowest BCUT2D eigenvalue weighted by molar-refractivity contribution is -0.743. The number of pyridine rings is 1. The van der Waals surface area contributed by atoms with Crippen LogP contribution in [0.2, 0.25) is 0 Å². The Bertz CT molecular complexity index is 1590. The lowest BCUT2D eigenvalue weighted by Gasteiger charge is -2.13. The third kappa shape index (κ3) is 3.77. The molecule has 5 rings (SSSR count). The van der Waals surface area contributed by atoms with Crippen molar-refractivity contribution in [1.82, 2.24) is 4.68 Å². The minimum Gasteiger partial charge on any atom is -0.166 e. The molecule has 0 radical (unpaired) electrons. The summed E-state index contributed by atoms with van der Waals surface area (Å²) in [5.74, 6) is 0. The van der Waals surface area contributed by atoms with Crippen LogP contribution in [-0.4, -0.2) is 4.68 Å². The molecule has 2 aromatic heterocycles. The van der Waals surface area contributed by atoms with Crippen molar-refractivity contribution in [2.24, 2.45) is 7.05 Å². The van der Waals surface area contributed by atoms with E-state index < -0.39 is 11.7 Å². The van der Waals surface area contributed by atoms with Crippen molar-refractivity contribution in [3.8, 4) is 16.9 Å². The molecule has 0 unspecified atom stereocenters. The lowest BCUT2D eigenvalue weighted by Crippen LogP contribution is -2.42. The van der Waals surface area contributed by atoms with Gasteiger partial charge in [0.1, 0.15) is 5.52 Å². The van der Waals surface area contributed by atoms with Crippen molar-refractivity contribution < 1.29 is 22.4 Å². The number of aromatic nitrogens is 3. The highest BCUT2D eigenvalue weighted by Crippen LogP contribution is 2.38. The highest BCUT2D eigenvalue weighted by atomic mass is 19.4. The Morgan fingerprint density at radius 1 is 0.857 bits per heavy atom. The maximum absolute atomic E-state index is 14.2. The van der Waals surface area contributed by atoms with Gasteiger partial charge >= 0.3 is 6.18 Å². The zero-order valence-corrected chi connectivity index (χ0v) is 20.5. The standard InChI is InChI=1S/C29H28F3N3/c1-18(2)35-26-13-9-8-12-24(26)28(33(35)5)25-15-23(29(30,31)32)16-27(20(25)4)34-17-22-11-7-6-10-21(22)14-19(34)3/h6-18H,1-5H3/q+2. The number of alkyl halides is 3. The highest BCUT2D eigenvalue weighted by Gasteiger charge is 2.36. The highest BCUT2D eigenvalue weighted by molar-refractivity contribution is 5.92. The number of rotatable bonds is 3. The lowest BCUT2D eigenvalue weighted by atomic mass is 9.97. The van der Waals surface area contributed by atoms with E-state index >= 15 is 0 Å². The second kappa shape index (κ2) is 8.22. The summed E-state index contributed by atoms with van der Waals surface area (Å²) in [5.41, 5.74) is 3.88. The van der Waals surface area contributed by atoms with Gasteiger partial charge in [-0.2, -0.15) is 22.4 Å². The molecule has 0 amide bonds. The molecule has 2 heterocycles. The molecule has 6 heteroatoms. The number of hydrogen-bond acceptors (Lipinski definition) is 0. The van der Waals surface area contributed by atoms with E-state index in [9.17, 15) is 13.2 Å². The van der Waals surface area contributed by atoms with Gasteiger partial charge in [0.25, 0.3) is 0 Å². The summed E-state index contributed by atoms with van der Waals surface area (Å²) in [4.78, 5) is 0. The Morgan fingerprint density at radius 3 is 2.20 bits per heavy atom. The first-order valence-electron chi connectivity index (χ1n) is 11.7. The molecular weight excluding hydrogens is 447 g/mol. The molecule has 178 valence electrons. The number of aryl methyl sites for hydroxylation is 1. The number of benzene rings is 3. The van der Waals surface area contributed by atoms with E-state index in [2.05, 4.69) is 18.5 Å². The predicted molar refractivity (Wildman–Crippen MR) is 132 cm³/mol. The third-order valence-electron chi connectivity index (χ3n) is 6.77. The van der Waals surface area contributed by atoms with Crippen molar-refractivity contribution in [2.45, 2.75) is 39.9 Å². The Kier molecular flexibility index (Phi) is 5.42. The number of fused-ring (bicyclic) bond motifs is 2. The molecule has 0 spiro atoms. The molecule has 0 aliphatic heterocycles. The van der Waals surface area contributed by atoms with E-state index in [1.54, 1.807) is 0 Å². The summed E-state index contributed by atoms with van der Waals surface area (Å²) in [6.07, 6.45) is -2.55. The van der Waals surface area contributed by atoms with Gasteiger partial charge in [-0.05, 0) is 50.4 Å². The molecule has 0 aliphatic rings. The van der Waals surface area contributed by atoms with E-state index in [0.29, 0.717) is 11.3 Å². The molecule has 0 N–H and O–H groups in total. The normalized spacial score (nSPS) is 12.3. The van der Waals surface area contributed by atoms with Crippen LogP contribution < -0.4 is 9.25 Å². The fraction of sp³-hybridized carbons (Fsp3) is 0.241. The van der Waals surface area contributed by atoms with Gasteiger partial charge < -0.3 is 0 Å². The first kappa shape index (κ1) is 23.1. The Balaban J connectivity index is 1.88. The molecule has 0 bridgehead atoms. The van der Waals surface area contributed by atoms with Crippen LogP contribution >= 0.6 is 0 Å². The first-order chi connectivity index (χ1) is 16.6. The SMILES string of the molecule is Cc1c(-c2c3ccccc3n(C(C)C)[n+]2C)cc(C(F)(F)F)cc1-[n+]1cc2ccccc2cc1C. The Labute approximate surface area is 202 Å². The van der Waals surface area contributed by atoms with Crippen LogP contribution in [0.3, 0.4) is 0 Å². The fourth-order valence-corrected chi connectivity index (χ4v) is 5.18. The molecule has 0 saturated carbocycles. The predicted octanol–water partition coefficient (Wildman–Crippen LogP) is 6.78. The second-order valence-corrected chi connectivity index (χ2v) is 9.41. The summed E-state index contributed by atoms with van der Waals surface area (Å²) in [5, 5.41) is 2.95. The molecular formula is C29H28F3N3+2. The average molecular weight is 476 g/mol. The maximum Gasteiger partial charge on any atom is 0.416 e. The van der Waals surface area contributed by atoms with Crippen molar-refractivity contribution >= 4 is 21.7 Å². The fourth-order valence-electron chi connectivity index (χ4n) is 5.18. The smallest absolute Gasteiger partial charge is 0.166 e. The molecule has 0 fully saturated rings. The van der Waals surface area contributed by atoms with Gasteiger partial charge in [0, 0.05) is 30.0 Å². The number of halogens is 3. The van der Waals surface area contributed by atoms with Crippen LogP contribution in [0.25, 0.3) is 38.6 Å². The summed E-state index contributed by atoms with van der Waals surface area (Å²) in [7, 11) is 1.92.